The molecule has 0 spiro atoms. The lowest BCUT2D eigenvalue weighted by molar-refractivity contribution is 0.0932. The van der Waals surface area contributed by atoms with Crippen LogP contribution in [-0.2, 0) is 6.54 Å². The van der Waals surface area contributed by atoms with Gasteiger partial charge in [-0.15, -0.1) is 0 Å². The Hall–Kier alpha value is -1.36. The number of nitrogens with zero attached hydrogens (tertiary/aromatic N) is 2. The molecule has 1 amide bonds. The Labute approximate surface area is 101 Å². The van der Waals surface area contributed by atoms with Crippen LogP contribution in [0.5, 0.6) is 0 Å². The van der Waals surface area contributed by atoms with Gasteiger partial charge in [0.1, 0.15) is 5.69 Å². The first-order valence-electron chi connectivity index (χ1n) is 6.21. The molecule has 1 fully saturated rings. The summed E-state index contributed by atoms with van der Waals surface area (Å²) in [6.07, 6.45) is 7.09. The second-order valence-corrected chi connectivity index (χ2v) is 4.84. The van der Waals surface area contributed by atoms with E-state index in [4.69, 9.17) is 5.73 Å². The second kappa shape index (κ2) is 5.31. The summed E-state index contributed by atoms with van der Waals surface area (Å²) in [4.78, 5) is 15.9. The topological polar surface area (TPSA) is 72.9 Å². The van der Waals surface area contributed by atoms with E-state index in [2.05, 4.69) is 10.3 Å². The van der Waals surface area contributed by atoms with Crippen LogP contribution in [0.3, 0.4) is 0 Å². The van der Waals surface area contributed by atoms with Crippen molar-refractivity contribution in [2.24, 2.45) is 11.7 Å². The zero-order valence-corrected chi connectivity index (χ0v) is 10.2. The molecule has 0 radical (unpaired) electrons. The van der Waals surface area contributed by atoms with Crippen molar-refractivity contribution in [3.8, 4) is 0 Å². The smallest absolute Gasteiger partial charge is 0.271 e. The van der Waals surface area contributed by atoms with Gasteiger partial charge >= 0.3 is 0 Å². The van der Waals surface area contributed by atoms with Crippen LogP contribution in [0.15, 0.2) is 12.5 Å². The highest BCUT2D eigenvalue weighted by Crippen LogP contribution is 2.33. The van der Waals surface area contributed by atoms with Crippen molar-refractivity contribution in [1.29, 1.82) is 0 Å². The largest absolute Gasteiger partial charge is 0.348 e. The van der Waals surface area contributed by atoms with Gasteiger partial charge in [0.05, 0.1) is 6.33 Å². The lowest BCUT2D eigenvalue weighted by Gasteiger charge is -2.11. The van der Waals surface area contributed by atoms with Crippen LogP contribution >= 0.6 is 0 Å². The number of rotatable bonds is 6. The van der Waals surface area contributed by atoms with Crippen LogP contribution in [-0.4, -0.2) is 28.0 Å². The lowest BCUT2D eigenvalue weighted by Crippen LogP contribution is -2.33. The maximum Gasteiger partial charge on any atom is 0.271 e. The fourth-order valence-electron chi connectivity index (χ4n) is 1.96. The van der Waals surface area contributed by atoms with Gasteiger partial charge in [0.15, 0.2) is 0 Å². The Kier molecular flexibility index (Phi) is 3.78. The second-order valence-electron chi connectivity index (χ2n) is 4.84. The molecule has 0 aromatic carbocycles. The highest BCUT2D eigenvalue weighted by Gasteiger charge is 2.24. The van der Waals surface area contributed by atoms with Crippen molar-refractivity contribution in [2.45, 2.75) is 38.8 Å². The molecule has 1 heterocycles. The van der Waals surface area contributed by atoms with Crippen LogP contribution < -0.4 is 11.1 Å². The van der Waals surface area contributed by atoms with Crippen molar-refractivity contribution in [3.05, 3.63) is 18.2 Å². The van der Waals surface area contributed by atoms with E-state index < -0.39 is 0 Å². The molecule has 1 aliphatic carbocycles. The predicted molar refractivity (Wildman–Crippen MR) is 65.6 cm³/mol. The standard InChI is InChI=1S/C12H20N4O/c1-9(6-10-2-3-10)15-12(17)11-7-16(5-4-13)8-14-11/h7-10H,2-6,13H2,1H3,(H,15,17). The van der Waals surface area contributed by atoms with E-state index >= 15 is 0 Å². The highest BCUT2D eigenvalue weighted by molar-refractivity contribution is 5.92. The van der Waals surface area contributed by atoms with Crippen LogP contribution in [0, 0.1) is 5.92 Å². The molecule has 1 aromatic heterocycles. The van der Waals surface area contributed by atoms with Gasteiger partial charge in [0.2, 0.25) is 0 Å². The molecule has 5 nitrogen and oxygen atoms in total. The van der Waals surface area contributed by atoms with Crippen LogP contribution in [0.2, 0.25) is 0 Å². The number of imidazole rings is 1. The van der Waals surface area contributed by atoms with Crippen LogP contribution in [0.4, 0.5) is 0 Å². The van der Waals surface area contributed by atoms with Crippen LogP contribution in [0.1, 0.15) is 36.7 Å². The number of carbonyl (C=O) groups excluding carboxylic acids is 1. The molecule has 3 N–H and O–H groups in total. The zero-order valence-electron chi connectivity index (χ0n) is 10.2. The van der Waals surface area contributed by atoms with E-state index in [1.54, 1.807) is 12.5 Å². The summed E-state index contributed by atoms with van der Waals surface area (Å²) in [5, 5.41) is 2.98. The summed E-state index contributed by atoms with van der Waals surface area (Å²) in [5.74, 6) is 0.731. The molecule has 0 bridgehead atoms. The summed E-state index contributed by atoms with van der Waals surface area (Å²) in [6, 6.07) is 0.231. The fraction of sp³-hybridized carbons (Fsp3) is 0.667. The first-order valence-corrected chi connectivity index (χ1v) is 6.21. The average molecular weight is 236 g/mol. The minimum Gasteiger partial charge on any atom is -0.348 e. The molecule has 1 aromatic rings. The monoisotopic (exact) mass is 236 g/mol. The minimum absolute atomic E-state index is 0.0890. The Bertz CT molecular complexity index is 384. The van der Waals surface area contributed by atoms with E-state index in [1.807, 2.05) is 11.5 Å². The van der Waals surface area contributed by atoms with Crippen molar-refractivity contribution < 1.29 is 4.79 Å². The Balaban J connectivity index is 1.84. The Morgan fingerprint density at radius 1 is 1.71 bits per heavy atom. The van der Waals surface area contributed by atoms with Gasteiger partial charge in [-0.3, -0.25) is 4.79 Å². The van der Waals surface area contributed by atoms with Gasteiger partial charge in [-0.1, -0.05) is 12.8 Å². The zero-order chi connectivity index (χ0) is 12.3. The fourth-order valence-corrected chi connectivity index (χ4v) is 1.96. The summed E-state index contributed by atoms with van der Waals surface area (Å²) < 4.78 is 1.83. The van der Waals surface area contributed by atoms with E-state index in [0.717, 1.165) is 12.3 Å². The third kappa shape index (κ3) is 3.56. The van der Waals surface area contributed by atoms with Crippen molar-refractivity contribution in [2.75, 3.05) is 6.54 Å². The average Bonchev–Trinajstić information content (AvgIpc) is 2.95. The minimum atomic E-state index is -0.0890. The van der Waals surface area contributed by atoms with Gasteiger partial charge in [0.25, 0.3) is 5.91 Å². The SMILES string of the molecule is CC(CC1CC1)NC(=O)c1cn(CCN)cn1. The summed E-state index contributed by atoms with van der Waals surface area (Å²) in [5.41, 5.74) is 5.91. The number of amides is 1. The molecule has 1 aliphatic rings. The number of nitrogens with one attached hydrogen (secondary N) is 1. The lowest BCUT2D eigenvalue weighted by atomic mass is 10.1. The Morgan fingerprint density at radius 2 is 2.47 bits per heavy atom. The molecule has 94 valence electrons. The maximum absolute atomic E-state index is 11.9. The molecule has 5 heteroatoms. The van der Waals surface area contributed by atoms with Crippen molar-refractivity contribution in [1.82, 2.24) is 14.9 Å². The molecule has 0 aliphatic heterocycles. The van der Waals surface area contributed by atoms with E-state index in [9.17, 15) is 4.79 Å². The molecule has 2 rings (SSSR count). The molecule has 17 heavy (non-hydrogen) atoms. The number of aromatic nitrogens is 2. The third-order valence-electron chi connectivity index (χ3n) is 3.01. The Morgan fingerprint density at radius 3 is 3.12 bits per heavy atom. The molecular weight excluding hydrogens is 216 g/mol. The van der Waals surface area contributed by atoms with Gasteiger partial charge in [-0.05, 0) is 19.3 Å². The van der Waals surface area contributed by atoms with E-state index in [0.29, 0.717) is 18.8 Å². The van der Waals surface area contributed by atoms with Crippen molar-refractivity contribution >= 4 is 5.91 Å². The molecule has 1 saturated carbocycles. The quantitative estimate of drug-likeness (QED) is 0.766. The highest BCUT2D eigenvalue weighted by atomic mass is 16.1. The first kappa shape index (κ1) is 12.1. The predicted octanol–water partition coefficient (Wildman–Crippen LogP) is 0.760. The van der Waals surface area contributed by atoms with Gasteiger partial charge in [-0.2, -0.15) is 0 Å². The summed E-state index contributed by atoms with van der Waals surface area (Å²) in [7, 11) is 0. The summed E-state index contributed by atoms with van der Waals surface area (Å²) in [6.45, 7) is 3.29. The van der Waals surface area contributed by atoms with Gasteiger partial charge in [-0.25, -0.2) is 4.98 Å². The molecule has 0 saturated heterocycles. The third-order valence-corrected chi connectivity index (χ3v) is 3.01. The normalized spacial score (nSPS) is 16.8. The molecule has 1 atom stereocenters. The number of carbonyl (C=O) groups is 1. The number of nitrogens with two attached hydrogens (primary N) is 1. The molecular formula is C12H20N4O. The van der Waals surface area contributed by atoms with Gasteiger partial charge in [0, 0.05) is 25.3 Å². The van der Waals surface area contributed by atoms with E-state index in [1.165, 1.54) is 12.8 Å². The number of hydrogen-bond acceptors (Lipinski definition) is 3. The first-order chi connectivity index (χ1) is 8.19. The van der Waals surface area contributed by atoms with Gasteiger partial charge < -0.3 is 15.6 Å². The number of hydrogen-bond donors (Lipinski definition) is 2. The maximum atomic E-state index is 11.9. The van der Waals surface area contributed by atoms with E-state index in [-0.39, 0.29) is 11.9 Å². The van der Waals surface area contributed by atoms with Crippen molar-refractivity contribution in [3.63, 3.8) is 0 Å². The summed E-state index contributed by atoms with van der Waals surface area (Å²) >= 11 is 0. The van der Waals surface area contributed by atoms with Crippen LogP contribution in [0.25, 0.3) is 0 Å². The molecule has 1 unspecified atom stereocenters.